The molecule has 5 heteroatoms. The van der Waals surface area contributed by atoms with Gasteiger partial charge in [0.15, 0.2) is 0 Å². The van der Waals surface area contributed by atoms with E-state index >= 15 is 0 Å². The zero-order valence-electron chi connectivity index (χ0n) is 13.7. The molecular weight excluding hydrogens is 300 g/mol. The third-order valence-corrected chi connectivity index (χ3v) is 4.36. The van der Waals surface area contributed by atoms with E-state index < -0.39 is 0 Å². The van der Waals surface area contributed by atoms with Crippen molar-refractivity contribution in [1.29, 1.82) is 0 Å². The van der Waals surface area contributed by atoms with Crippen molar-refractivity contribution in [2.24, 2.45) is 0 Å². The predicted molar refractivity (Wildman–Crippen MR) is 97.0 cm³/mol. The molecule has 0 aliphatic carbocycles. The Kier molecular flexibility index (Phi) is 4.01. The van der Waals surface area contributed by atoms with Gasteiger partial charge in [0.2, 0.25) is 0 Å². The van der Waals surface area contributed by atoms with E-state index in [9.17, 15) is 0 Å². The first-order valence-corrected chi connectivity index (χ1v) is 8.23. The number of hydrogen-bond donors (Lipinski definition) is 1. The molecule has 0 atom stereocenters. The van der Waals surface area contributed by atoms with Crippen LogP contribution in [-0.2, 0) is 4.74 Å². The molecule has 1 N–H and O–H groups in total. The van der Waals surface area contributed by atoms with Crippen LogP contribution < -0.4 is 10.2 Å². The smallest absolute Gasteiger partial charge is 0.0950 e. The van der Waals surface area contributed by atoms with Gasteiger partial charge in [0, 0.05) is 29.9 Å². The molecule has 4 rings (SSSR count). The molecule has 1 aliphatic rings. The largest absolute Gasteiger partial charge is 0.378 e. The lowest BCUT2D eigenvalue weighted by Crippen LogP contribution is -2.36. The first kappa shape index (κ1) is 14.9. The summed E-state index contributed by atoms with van der Waals surface area (Å²) < 4.78 is 5.41. The molecule has 2 aromatic carbocycles. The van der Waals surface area contributed by atoms with Crippen LogP contribution in [0.4, 0.5) is 17.1 Å². The summed E-state index contributed by atoms with van der Waals surface area (Å²) in [5.41, 5.74) is 5.09. The zero-order valence-corrected chi connectivity index (χ0v) is 13.7. The molecular formula is C19H20N4O. The predicted octanol–water partition coefficient (Wildman–Crippen LogP) is 3.52. The fraction of sp³-hybridized carbons (Fsp3) is 0.263. The second kappa shape index (κ2) is 6.45. The molecule has 0 spiro atoms. The minimum absolute atomic E-state index is 0.799. The van der Waals surface area contributed by atoms with Crippen molar-refractivity contribution in [2.45, 2.75) is 6.92 Å². The number of aryl methyl sites for hydroxylation is 1. The number of nitrogens with zero attached hydrogens (tertiary/aromatic N) is 3. The van der Waals surface area contributed by atoms with Crippen LogP contribution in [0.1, 0.15) is 5.69 Å². The average Bonchev–Trinajstić information content (AvgIpc) is 2.65. The standard InChI is InChI=1S/C19H20N4O/c1-14-19(17-4-2-3-5-18(17)22-21-14)20-15-6-8-16(9-7-15)23-10-12-24-13-11-23/h2-9H,10-13H2,1H3,(H,20,22). The van der Waals surface area contributed by atoms with Gasteiger partial charge < -0.3 is 15.0 Å². The minimum atomic E-state index is 0.799. The summed E-state index contributed by atoms with van der Waals surface area (Å²) in [7, 11) is 0. The Morgan fingerprint density at radius 2 is 1.71 bits per heavy atom. The summed E-state index contributed by atoms with van der Waals surface area (Å²) in [5.74, 6) is 0. The molecule has 3 aromatic rings. The van der Waals surface area contributed by atoms with Gasteiger partial charge in [-0.15, -0.1) is 0 Å². The number of rotatable bonds is 3. The third kappa shape index (κ3) is 2.90. The van der Waals surface area contributed by atoms with Gasteiger partial charge in [-0.05, 0) is 37.3 Å². The Morgan fingerprint density at radius 3 is 2.50 bits per heavy atom. The van der Waals surface area contributed by atoms with Crippen LogP contribution in [0.25, 0.3) is 10.9 Å². The second-order valence-corrected chi connectivity index (χ2v) is 5.95. The molecule has 1 aliphatic heterocycles. The van der Waals surface area contributed by atoms with Crippen molar-refractivity contribution in [3.63, 3.8) is 0 Å². The maximum atomic E-state index is 5.41. The van der Waals surface area contributed by atoms with Gasteiger partial charge in [0.1, 0.15) is 0 Å². The summed E-state index contributed by atoms with van der Waals surface area (Å²) in [6.45, 7) is 5.47. The topological polar surface area (TPSA) is 50.3 Å². The maximum Gasteiger partial charge on any atom is 0.0950 e. The van der Waals surface area contributed by atoms with E-state index in [2.05, 4.69) is 50.7 Å². The summed E-state index contributed by atoms with van der Waals surface area (Å²) in [6.07, 6.45) is 0. The first-order chi connectivity index (χ1) is 11.8. The molecule has 5 nitrogen and oxygen atoms in total. The SMILES string of the molecule is Cc1nnc2ccccc2c1Nc1ccc(N2CCOCC2)cc1. The van der Waals surface area contributed by atoms with E-state index in [0.717, 1.165) is 54.3 Å². The van der Waals surface area contributed by atoms with Gasteiger partial charge in [-0.3, -0.25) is 0 Å². The van der Waals surface area contributed by atoms with Gasteiger partial charge in [0.25, 0.3) is 0 Å². The monoisotopic (exact) mass is 320 g/mol. The van der Waals surface area contributed by atoms with Crippen molar-refractivity contribution in [3.05, 3.63) is 54.2 Å². The molecule has 0 amide bonds. The molecule has 0 radical (unpaired) electrons. The lowest BCUT2D eigenvalue weighted by molar-refractivity contribution is 0.122. The van der Waals surface area contributed by atoms with Crippen LogP contribution >= 0.6 is 0 Å². The minimum Gasteiger partial charge on any atom is -0.378 e. The molecule has 1 saturated heterocycles. The van der Waals surface area contributed by atoms with Gasteiger partial charge in [-0.2, -0.15) is 10.2 Å². The molecule has 2 heterocycles. The highest BCUT2D eigenvalue weighted by molar-refractivity contribution is 5.93. The summed E-state index contributed by atoms with van der Waals surface area (Å²) in [4.78, 5) is 2.35. The van der Waals surface area contributed by atoms with Crippen LogP contribution in [0, 0.1) is 6.92 Å². The Labute approximate surface area is 141 Å². The van der Waals surface area contributed by atoms with Crippen molar-refractivity contribution in [2.75, 3.05) is 36.5 Å². The third-order valence-electron chi connectivity index (χ3n) is 4.36. The molecule has 1 aromatic heterocycles. The lowest BCUT2D eigenvalue weighted by Gasteiger charge is -2.29. The van der Waals surface area contributed by atoms with Crippen molar-refractivity contribution in [3.8, 4) is 0 Å². The average molecular weight is 320 g/mol. The fourth-order valence-corrected chi connectivity index (χ4v) is 3.03. The summed E-state index contributed by atoms with van der Waals surface area (Å²) in [5, 5.41) is 13.1. The number of morpholine rings is 1. The number of anilines is 3. The molecule has 0 unspecified atom stereocenters. The fourth-order valence-electron chi connectivity index (χ4n) is 3.03. The van der Waals surface area contributed by atoms with Crippen molar-refractivity contribution in [1.82, 2.24) is 10.2 Å². The number of fused-ring (bicyclic) bond motifs is 1. The van der Waals surface area contributed by atoms with Crippen LogP contribution in [-0.4, -0.2) is 36.5 Å². The highest BCUT2D eigenvalue weighted by Gasteiger charge is 2.11. The summed E-state index contributed by atoms with van der Waals surface area (Å²) >= 11 is 0. The van der Waals surface area contributed by atoms with Gasteiger partial charge >= 0.3 is 0 Å². The zero-order chi connectivity index (χ0) is 16.4. The molecule has 1 fully saturated rings. The molecule has 0 bridgehead atoms. The number of hydrogen-bond acceptors (Lipinski definition) is 5. The van der Waals surface area contributed by atoms with Crippen LogP contribution in [0.5, 0.6) is 0 Å². The normalized spacial score (nSPS) is 14.8. The van der Waals surface area contributed by atoms with Gasteiger partial charge in [-0.25, -0.2) is 0 Å². The Hall–Kier alpha value is -2.66. The lowest BCUT2D eigenvalue weighted by atomic mass is 10.1. The Balaban J connectivity index is 1.60. The van der Waals surface area contributed by atoms with Gasteiger partial charge in [0.05, 0.1) is 30.1 Å². The molecule has 122 valence electrons. The van der Waals surface area contributed by atoms with Crippen LogP contribution in [0.3, 0.4) is 0 Å². The number of ether oxygens (including phenoxy) is 1. The van der Waals surface area contributed by atoms with E-state index in [-0.39, 0.29) is 0 Å². The van der Waals surface area contributed by atoms with Crippen LogP contribution in [0.2, 0.25) is 0 Å². The highest BCUT2D eigenvalue weighted by atomic mass is 16.5. The molecule has 24 heavy (non-hydrogen) atoms. The van der Waals surface area contributed by atoms with E-state index in [1.807, 2.05) is 25.1 Å². The van der Waals surface area contributed by atoms with Gasteiger partial charge in [-0.1, -0.05) is 18.2 Å². The quantitative estimate of drug-likeness (QED) is 0.800. The van der Waals surface area contributed by atoms with E-state index in [0.29, 0.717) is 0 Å². The van der Waals surface area contributed by atoms with Crippen molar-refractivity contribution >= 4 is 28.0 Å². The Morgan fingerprint density at radius 1 is 0.958 bits per heavy atom. The number of aromatic nitrogens is 2. The highest BCUT2D eigenvalue weighted by Crippen LogP contribution is 2.28. The molecule has 0 saturated carbocycles. The summed E-state index contributed by atoms with van der Waals surface area (Å²) in [6, 6.07) is 16.6. The maximum absolute atomic E-state index is 5.41. The van der Waals surface area contributed by atoms with Crippen LogP contribution in [0.15, 0.2) is 48.5 Å². The van der Waals surface area contributed by atoms with Crippen molar-refractivity contribution < 1.29 is 4.74 Å². The van der Waals surface area contributed by atoms with E-state index in [1.165, 1.54) is 5.69 Å². The first-order valence-electron chi connectivity index (χ1n) is 8.23. The second-order valence-electron chi connectivity index (χ2n) is 5.95. The number of benzene rings is 2. The number of nitrogens with one attached hydrogen (secondary N) is 1. The van der Waals surface area contributed by atoms with E-state index in [1.54, 1.807) is 0 Å². The van der Waals surface area contributed by atoms with E-state index in [4.69, 9.17) is 4.74 Å². The Bertz CT molecular complexity index is 842.